The molecule has 0 unspecified atom stereocenters. The molecule has 0 atom stereocenters. The summed E-state index contributed by atoms with van der Waals surface area (Å²) in [6.07, 6.45) is 3.02. The van der Waals surface area contributed by atoms with Crippen molar-refractivity contribution in [1.29, 1.82) is 0 Å². The van der Waals surface area contributed by atoms with E-state index in [0.29, 0.717) is 23.8 Å². The molecular weight excluding hydrogens is 332 g/mol. The van der Waals surface area contributed by atoms with Crippen LogP contribution in [0.15, 0.2) is 34.3 Å². The highest BCUT2D eigenvalue weighted by Crippen LogP contribution is 2.29. The Morgan fingerprint density at radius 3 is 2.92 bits per heavy atom. The van der Waals surface area contributed by atoms with E-state index in [1.54, 1.807) is 6.21 Å². The number of rotatable bonds is 7. The molecule has 8 heteroatoms. The maximum absolute atomic E-state index is 11.3. The minimum atomic E-state index is -0.481. The van der Waals surface area contributed by atoms with Crippen molar-refractivity contribution in [3.05, 3.63) is 45.3 Å². The lowest BCUT2D eigenvalue weighted by molar-refractivity contribution is 0.224. The fourth-order valence-electron chi connectivity index (χ4n) is 1.86. The molecule has 2 aromatic rings. The van der Waals surface area contributed by atoms with E-state index in [1.165, 1.54) is 6.20 Å². The van der Waals surface area contributed by atoms with Gasteiger partial charge in [-0.15, -0.1) is 0 Å². The summed E-state index contributed by atoms with van der Waals surface area (Å²) in [5.74, 6) is 1.32. The zero-order valence-electron chi connectivity index (χ0n) is 13.7. The van der Waals surface area contributed by atoms with Gasteiger partial charge in [0.1, 0.15) is 10.7 Å². The first-order valence-electron chi connectivity index (χ1n) is 7.47. The van der Waals surface area contributed by atoms with Gasteiger partial charge in [-0.25, -0.2) is 5.10 Å². The van der Waals surface area contributed by atoms with E-state index >= 15 is 0 Å². The molecule has 1 aromatic carbocycles. The molecule has 0 bridgehead atoms. The van der Waals surface area contributed by atoms with Crippen molar-refractivity contribution in [2.75, 3.05) is 12.0 Å². The topological polar surface area (TPSA) is 88.6 Å². The molecule has 0 aliphatic carbocycles. The Hall–Kier alpha value is -2.54. The van der Waals surface area contributed by atoms with Crippen LogP contribution in [0.3, 0.4) is 0 Å². The van der Waals surface area contributed by atoms with Crippen LogP contribution in [0.4, 0.5) is 5.69 Å². The number of nitrogens with zero attached hydrogens (tertiary/aromatic N) is 2. The molecule has 0 amide bonds. The van der Waals surface area contributed by atoms with Crippen molar-refractivity contribution in [2.24, 2.45) is 5.10 Å². The lowest BCUT2D eigenvalue weighted by Crippen LogP contribution is -2.10. The third-order valence-electron chi connectivity index (χ3n) is 2.82. The standard InChI is InChI=1S/C16H19ClN4O3/c1-4-23-14-7-11(5-6-13(14)24-10(2)3)8-18-20-12-9-19-21-16(22)15(12)17/h5-10H,4H2,1-3H3,(H2,20,21,22)/b18-8-. The summed E-state index contributed by atoms with van der Waals surface area (Å²) >= 11 is 5.85. The number of aromatic amines is 1. The number of aromatic nitrogens is 2. The van der Waals surface area contributed by atoms with Gasteiger partial charge in [0.2, 0.25) is 0 Å². The number of H-pyrrole nitrogens is 1. The fraction of sp³-hybridized carbons (Fsp3) is 0.312. The van der Waals surface area contributed by atoms with Crippen molar-refractivity contribution in [2.45, 2.75) is 26.9 Å². The van der Waals surface area contributed by atoms with Crippen molar-refractivity contribution in [3.8, 4) is 11.5 Å². The quantitative estimate of drug-likeness (QED) is 0.591. The summed E-state index contributed by atoms with van der Waals surface area (Å²) in [6, 6.07) is 5.50. The van der Waals surface area contributed by atoms with Gasteiger partial charge in [0, 0.05) is 0 Å². The zero-order valence-corrected chi connectivity index (χ0v) is 14.4. The SMILES string of the molecule is CCOc1cc(/C=N\Nc2cn[nH]c(=O)c2Cl)ccc1OC(C)C. The van der Waals surface area contributed by atoms with E-state index in [1.807, 2.05) is 39.0 Å². The van der Waals surface area contributed by atoms with Crippen LogP contribution in [0.1, 0.15) is 26.3 Å². The first kappa shape index (κ1) is 17.8. The summed E-state index contributed by atoms with van der Waals surface area (Å²) in [5, 5.41) is 9.94. The normalized spacial score (nSPS) is 11.0. The van der Waals surface area contributed by atoms with Gasteiger partial charge in [-0.05, 0) is 44.5 Å². The highest BCUT2D eigenvalue weighted by molar-refractivity contribution is 6.32. The second kappa shape index (κ2) is 8.35. The molecule has 24 heavy (non-hydrogen) atoms. The van der Waals surface area contributed by atoms with Crippen molar-refractivity contribution in [1.82, 2.24) is 10.2 Å². The maximum atomic E-state index is 11.3. The monoisotopic (exact) mass is 350 g/mol. The number of anilines is 1. The molecule has 0 aliphatic rings. The van der Waals surface area contributed by atoms with Crippen LogP contribution >= 0.6 is 11.6 Å². The van der Waals surface area contributed by atoms with Crippen LogP contribution in [0.2, 0.25) is 5.02 Å². The fourth-order valence-corrected chi connectivity index (χ4v) is 2.00. The summed E-state index contributed by atoms with van der Waals surface area (Å²) in [4.78, 5) is 11.3. The van der Waals surface area contributed by atoms with Gasteiger partial charge < -0.3 is 9.47 Å². The van der Waals surface area contributed by atoms with E-state index in [9.17, 15) is 4.79 Å². The Bertz CT molecular complexity index is 774. The summed E-state index contributed by atoms with van der Waals surface area (Å²) in [7, 11) is 0. The van der Waals surface area contributed by atoms with Gasteiger partial charge in [-0.3, -0.25) is 10.2 Å². The lowest BCUT2D eigenvalue weighted by atomic mass is 10.2. The lowest BCUT2D eigenvalue weighted by Gasteiger charge is -2.14. The number of nitrogens with one attached hydrogen (secondary N) is 2. The van der Waals surface area contributed by atoms with Crippen molar-refractivity contribution in [3.63, 3.8) is 0 Å². The minimum absolute atomic E-state index is 0.00200. The van der Waals surface area contributed by atoms with Crippen LogP contribution in [-0.4, -0.2) is 29.1 Å². The van der Waals surface area contributed by atoms with Gasteiger partial charge in [-0.1, -0.05) is 11.6 Å². The molecule has 0 spiro atoms. The molecule has 0 aliphatic heterocycles. The van der Waals surface area contributed by atoms with Gasteiger partial charge >= 0.3 is 0 Å². The van der Waals surface area contributed by atoms with Crippen molar-refractivity contribution >= 4 is 23.5 Å². The Balaban J connectivity index is 2.15. The molecule has 128 valence electrons. The number of ether oxygens (including phenoxy) is 2. The summed E-state index contributed by atoms with van der Waals surface area (Å²) in [6.45, 7) is 6.34. The van der Waals surface area contributed by atoms with Crippen LogP contribution in [-0.2, 0) is 0 Å². The van der Waals surface area contributed by atoms with Gasteiger partial charge in [0.25, 0.3) is 5.56 Å². The molecular formula is C16H19ClN4O3. The average molecular weight is 351 g/mol. The third-order valence-corrected chi connectivity index (χ3v) is 3.20. The van der Waals surface area contributed by atoms with Gasteiger partial charge in [0.05, 0.1) is 25.1 Å². The Kier molecular flexibility index (Phi) is 6.20. The first-order chi connectivity index (χ1) is 11.5. The molecule has 2 N–H and O–H groups in total. The van der Waals surface area contributed by atoms with E-state index in [4.69, 9.17) is 21.1 Å². The number of benzene rings is 1. The largest absolute Gasteiger partial charge is 0.490 e. The highest BCUT2D eigenvalue weighted by atomic mass is 35.5. The van der Waals surface area contributed by atoms with Crippen molar-refractivity contribution < 1.29 is 9.47 Å². The van der Waals surface area contributed by atoms with E-state index in [-0.39, 0.29) is 11.1 Å². The van der Waals surface area contributed by atoms with Crippen LogP contribution < -0.4 is 20.5 Å². The van der Waals surface area contributed by atoms with Gasteiger partial charge in [-0.2, -0.15) is 10.2 Å². The molecule has 1 aromatic heterocycles. The molecule has 2 rings (SSSR count). The van der Waals surface area contributed by atoms with Crippen LogP contribution in [0, 0.1) is 0 Å². The number of hydrogen-bond donors (Lipinski definition) is 2. The zero-order chi connectivity index (χ0) is 17.5. The van der Waals surface area contributed by atoms with Crippen LogP contribution in [0.5, 0.6) is 11.5 Å². The highest BCUT2D eigenvalue weighted by Gasteiger charge is 2.08. The average Bonchev–Trinajstić information content (AvgIpc) is 2.53. The Morgan fingerprint density at radius 1 is 1.42 bits per heavy atom. The number of halogens is 1. The Labute approximate surface area is 144 Å². The molecule has 0 fully saturated rings. The summed E-state index contributed by atoms with van der Waals surface area (Å²) < 4.78 is 11.3. The predicted octanol–water partition coefficient (Wildman–Crippen LogP) is 3.06. The minimum Gasteiger partial charge on any atom is -0.490 e. The van der Waals surface area contributed by atoms with E-state index in [2.05, 4.69) is 20.7 Å². The molecule has 0 radical (unpaired) electrons. The van der Waals surface area contributed by atoms with E-state index < -0.39 is 5.56 Å². The van der Waals surface area contributed by atoms with E-state index in [0.717, 1.165) is 5.56 Å². The molecule has 7 nitrogen and oxygen atoms in total. The summed E-state index contributed by atoms with van der Waals surface area (Å²) in [5.41, 5.74) is 3.33. The first-order valence-corrected chi connectivity index (χ1v) is 7.84. The molecule has 0 saturated heterocycles. The molecule has 0 saturated carbocycles. The third kappa shape index (κ3) is 4.73. The number of hydrogen-bond acceptors (Lipinski definition) is 6. The van der Waals surface area contributed by atoms with Crippen LogP contribution in [0.25, 0.3) is 0 Å². The predicted molar refractivity (Wildman–Crippen MR) is 94.5 cm³/mol. The Morgan fingerprint density at radius 2 is 2.21 bits per heavy atom. The van der Waals surface area contributed by atoms with Gasteiger partial charge in [0.15, 0.2) is 11.5 Å². The second-order valence-corrected chi connectivity index (χ2v) is 5.48. The second-order valence-electron chi connectivity index (χ2n) is 5.10. The number of hydrazone groups is 1. The maximum Gasteiger partial charge on any atom is 0.285 e. The molecule has 1 heterocycles. The smallest absolute Gasteiger partial charge is 0.285 e.